The van der Waals surface area contributed by atoms with Crippen molar-refractivity contribution in [1.82, 2.24) is 20.1 Å². The molecule has 1 N–H and O–H groups in total. The van der Waals surface area contributed by atoms with E-state index in [4.69, 9.17) is 14.5 Å². The Bertz CT molecular complexity index is 1440. The second-order valence-electron chi connectivity index (χ2n) is 12.7. The Morgan fingerprint density at radius 3 is 2.88 bits per heavy atom. The van der Waals surface area contributed by atoms with E-state index < -0.39 is 0 Å². The number of pyridine rings is 1. The number of hydrogen-bond acceptors (Lipinski definition) is 7. The highest BCUT2D eigenvalue weighted by molar-refractivity contribution is 5.98. The Balaban J connectivity index is 0.956. The monoisotopic (exact) mass is 555 g/mol. The summed E-state index contributed by atoms with van der Waals surface area (Å²) in [6.45, 7) is 12.2. The molecule has 0 bridgehead atoms. The van der Waals surface area contributed by atoms with Crippen molar-refractivity contribution in [2.75, 3.05) is 50.8 Å². The zero-order valence-electron chi connectivity index (χ0n) is 24.3. The van der Waals surface area contributed by atoms with Crippen LogP contribution in [0.15, 0.2) is 48.5 Å². The summed E-state index contributed by atoms with van der Waals surface area (Å²) in [5.74, 6) is 2.07. The Morgan fingerprint density at radius 1 is 1.10 bits per heavy atom. The van der Waals surface area contributed by atoms with Gasteiger partial charge >= 0.3 is 0 Å². The van der Waals surface area contributed by atoms with E-state index >= 15 is 0 Å². The molecule has 5 heterocycles. The van der Waals surface area contributed by atoms with Crippen LogP contribution < -0.4 is 15.0 Å². The van der Waals surface area contributed by atoms with Crippen molar-refractivity contribution in [3.63, 3.8) is 0 Å². The van der Waals surface area contributed by atoms with Gasteiger partial charge in [0.15, 0.2) is 0 Å². The van der Waals surface area contributed by atoms with Gasteiger partial charge in [0.25, 0.3) is 5.91 Å². The van der Waals surface area contributed by atoms with Gasteiger partial charge in [-0.2, -0.15) is 0 Å². The number of piperidine rings is 1. The quantitative estimate of drug-likeness (QED) is 0.489. The number of carbonyl (C=O) groups excluding carboxylic acids is 1. The van der Waals surface area contributed by atoms with Gasteiger partial charge in [-0.1, -0.05) is 6.07 Å². The van der Waals surface area contributed by atoms with E-state index in [1.165, 1.54) is 10.9 Å². The number of carbonyl (C=O) groups is 1. The molecule has 8 heteroatoms. The molecule has 3 aromatic rings. The van der Waals surface area contributed by atoms with Crippen molar-refractivity contribution in [3.8, 4) is 5.75 Å². The summed E-state index contributed by atoms with van der Waals surface area (Å²) < 4.78 is 12.3. The molecule has 216 valence electrons. The molecule has 0 saturated carbocycles. The van der Waals surface area contributed by atoms with Crippen LogP contribution in [0.25, 0.3) is 10.9 Å². The molecule has 1 aromatic heterocycles. The average Bonchev–Trinajstić information content (AvgIpc) is 3.55. The SMILES string of the molecule is CC1(C)CN(c2ccc3cc(CN4CC[C@H](Oc5ccc6c(c5)CN(C5CCCNC5)C6=O)C4)ccc3n2)CCO1. The van der Waals surface area contributed by atoms with Gasteiger partial charge in [0.2, 0.25) is 0 Å². The predicted octanol–water partition coefficient (Wildman–Crippen LogP) is 4.21. The Labute approximate surface area is 242 Å². The largest absolute Gasteiger partial charge is 0.489 e. The van der Waals surface area contributed by atoms with E-state index in [2.05, 4.69) is 65.4 Å². The molecule has 0 spiro atoms. The third-order valence-electron chi connectivity index (χ3n) is 9.05. The van der Waals surface area contributed by atoms with Gasteiger partial charge in [-0.05, 0) is 93.2 Å². The molecule has 1 amide bonds. The molecule has 1 unspecified atom stereocenters. The lowest BCUT2D eigenvalue weighted by Gasteiger charge is -2.38. The van der Waals surface area contributed by atoms with Crippen molar-refractivity contribution in [2.24, 2.45) is 0 Å². The summed E-state index contributed by atoms with van der Waals surface area (Å²) in [4.78, 5) is 24.8. The van der Waals surface area contributed by atoms with Gasteiger partial charge < -0.3 is 24.6 Å². The van der Waals surface area contributed by atoms with E-state index in [9.17, 15) is 4.79 Å². The number of hydrogen-bond donors (Lipinski definition) is 1. The lowest BCUT2D eigenvalue weighted by molar-refractivity contribution is -0.0279. The minimum atomic E-state index is -0.150. The first kappa shape index (κ1) is 26.7. The molecular weight excluding hydrogens is 514 g/mol. The number of morpholine rings is 1. The van der Waals surface area contributed by atoms with Gasteiger partial charge in [0.1, 0.15) is 17.7 Å². The zero-order chi connectivity index (χ0) is 28.0. The molecule has 41 heavy (non-hydrogen) atoms. The minimum absolute atomic E-state index is 0.150. The van der Waals surface area contributed by atoms with E-state index in [1.54, 1.807) is 0 Å². The second-order valence-corrected chi connectivity index (χ2v) is 12.7. The number of fused-ring (bicyclic) bond motifs is 2. The van der Waals surface area contributed by atoms with Crippen LogP contribution >= 0.6 is 0 Å². The highest BCUT2D eigenvalue weighted by Crippen LogP contribution is 2.31. The first-order valence-electron chi connectivity index (χ1n) is 15.2. The number of anilines is 1. The van der Waals surface area contributed by atoms with Crippen LogP contribution in [-0.4, -0.2) is 84.3 Å². The smallest absolute Gasteiger partial charge is 0.254 e. The highest BCUT2D eigenvalue weighted by Gasteiger charge is 2.34. The molecule has 2 atom stereocenters. The summed E-state index contributed by atoms with van der Waals surface area (Å²) in [6, 6.07) is 17.3. The molecule has 8 nitrogen and oxygen atoms in total. The van der Waals surface area contributed by atoms with Crippen molar-refractivity contribution >= 4 is 22.6 Å². The van der Waals surface area contributed by atoms with E-state index in [0.717, 1.165) is 99.9 Å². The Kier molecular flexibility index (Phi) is 7.09. The molecule has 0 aliphatic carbocycles. The number of nitrogens with one attached hydrogen (secondary N) is 1. The number of nitrogens with zero attached hydrogens (tertiary/aromatic N) is 4. The Hall–Kier alpha value is -3.20. The van der Waals surface area contributed by atoms with Crippen LogP contribution in [0.1, 0.15) is 54.6 Å². The van der Waals surface area contributed by atoms with Crippen LogP contribution in [-0.2, 0) is 17.8 Å². The Morgan fingerprint density at radius 2 is 2.02 bits per heavy atom. The van der Waals surface area contributed by atoms with Crippen molar-refractivity contribution in [3.05, 3.63) is 65.2 Å². The molecule has 0 radical (unpaired) electrons. The maximum Gasteiger partial charge on any atom is 0.254 e. The number of benzene rings is 2. The van der Waals surface area contributed by atoms with Crippen molar-refractivity contribution in [1.29, 1.82) is 0 Å². The first-order chi connectivity index (χ1) is 19.9. The predicted molar refractivity (Wildman–Crippen MR) is 161 cm³/mol. The lowest BCUT2D eigenvalue weighted by Crippen LogP contribution is -2.48. The molecule has 4 aliphatic heterocycles. The van der Waals surface area contributed by atoms with Crippen LogP contribution in [0.4, 0.5) is 5.82 Å². The summed E-state index contributed by atoms with van der Waals surface area (Å²) in [5.41, 5.74) is 4.12. The zero-order valence-corrected chi connectivity index (χ0v) is 24.3. The minimum Gasteiger partial charge on any atom is -0.489 e. The van der Waals surface area contributed by atoms with Crippen LogP contribution in [0.3, 0.4) is 0 Å². The lowest BCUT2D eigenvalue weighted by atomic mass is 10.1. The van der Waals surface area contributed by atoms with Crippen molar-refractivity contribution in [2.45, 2.75) is 63.9 Å². The highest BCUT2D eigenvalue weighted by atomic mass is 16.5. The van der Waals surface area contributed by atoms with Crippen LogP contribution in [0.2, 0.25) is 0 Å². The van der Waals surface area contributed by atoms with Gasteiger partial charge in [0.05, 0.1) is 17.7 Å². The summed E-state index contributed by atoms with van der Waals surface area (Å²) >= 11 is 0. The van der Waals surface area contributed by atoms with Crippen LogP contribution in [0.5, 0.6) is 5.75 Å². The van der Waals surface area contributed by atoms with E-state index in [1.807, 2.05) is 17.0 Å². The van der Waals surface area contributed by atoms with Gasteiger partial charge in [0, 0.05) is 62.8 Å². The van der Waals surface area contributed by atoms with Gasteiger partial charge in [-0.15, -0.1) is 0 Å². The fourth-order valence-electron chi connectivity index (χ4n) is 6.93. The van der Waals surface area contributed by atoms with Crippen LogP contribution in [0, 0.1) is 0 Å². The number of ether oxygens (including phenoxy) is 2. The molecular formula is C33H41N5O3. The third-order valence-corrected chi connectivity index (χ3v) is 9.05. The van der Waals surface area contributed by atoms with E-state index in [0.29, 0.717) is 12.6 Å². The molecule has 3 fully saturated rings. The number of rotatable bonds is 6. The number of aromatic nitrogens is 1. The normalized spacial score (nSPS) is 24.7. The fraction of sp³-hybridized carbons (Fsp3) is 0.515. The van der Waals surface area contributed by atoms with Gasteiger partial charge in [-0.25, -0.2) is 4.98 Å². The summed E-state index contributed by atoms with van der Waals surface area (Å²) in [7, 11) is 0. The first-order valence-corrected chi connectivity index (χ1v) is 15.2. The average molecular weight is 556 g/mol. The third kappa shape index (κ3) is 5.65. The number of amides is 1. The molecule has 3 saturated heterocycles. The maximum atomic E-state index is 13.0. The summed E-state index contributed by atoms with van der Waals surface area (Å²) in [5, 5.41) is 4.61. The maximum absolute atomic E-state index is 13.0. The summed E-state index contributed by atoms with van der Waals surface area (Å²) in [6.07, 6.45) is 3.37. The second kappa shape index (κ2) is 10.9. The molecule has 4 aliphatic rings. The van der Waals surface area contributed by atoms with E-state index in [-0.39, 0.29) is 17.6 Å². The standard InChI is InChI=1S/C33H41N5O3/c1-33(2)22-37(14-15-40-33)31-10-6-24-16-23(5-9-30(24)35-31)19-36-13-11-28(21-36)41-27-7-8-29-25(17-27)20-38(32(29)39)26-4-3-12-34-18-26/h5-10,16-17,26,28,34H,3-4,11-15,18-22H2,1-2H3/t26?,28-/m0/s1. The molecule has 7 rings (SSSR count). The van der Waals surface area contributed by atoms with Gasteiger partial charge in [-0.3, -0.25) is 9.69 Å². The topological polar surface area (TPSA) is 70.2 Å². The molecule has 2 aromatic carbocycles. The number of likely N-dealkylation sites (tertiary alicyclic amines) is 1. The van der Waals surface area contributed by atoms with Crippen molar-refractivity contribution < 1.29 is 14.3 Å². The fourth-order valence-corrected chi connectivity index (χ4v) is 6.93.